The number of benzene rings is 1. The molecule has 0 saturated carbocycles. The summed E-state index contributed by atoms with van der Waals surface area (Å²) in [7, 11) is 0. The molecule has 1 aliphatic heterocycles. The molecule has 6 nitrogen and oxygen atoms in total. The Balaban J connectivity index is 0.000000450. The minimum Gasteiger partial charge on any atom is -0.473 e. The number of hydrogen-bond acceptors (Lipinski definition) is 5. The number of piperidine rings is 1. The molecule has 25 heavy (non-hydrogen) atoms. The third-order valence-corrected chi connectivity index (χ3v) is 4.69. The van der Waals surface area contributed by atoms with Crippen LogP contribution in [0.1, 0.15) is 19.8 Å². The largest absolute Gasteiger partial charge is 0.473 e. The molecule has 0 radical (unpaired) electrons. The highest BCUT2D eigenvalue weighted by Crippen LogP contribution is 2.16. The van der Waals surface area contributed by atoms with Crippen LogP contribution in [0.25, 0.3) is 0 Å². The van der Waals surface area contributed by atoms with Crippen LogP contribution < -0.4 is 0 Å². The molecule has 1 saturated heterocycles. The number of carbonyl (C=O) groups is 2. The van der Waals surface area contributed by atoms with Crippen molar-refractivity contribution in [1.29, 1.82) is 0 Å². The third kappa shape index (κ3) is 10.8. The van der Waals surface area contributed by atoms with Crippen molar-refractivity contribution in [1.82, 2.24) is 4.90 Å². The van der Waals surface area contributed by atoms with Gasteiger partial charge in [-0.3, -0.25) is 0 Å². The molecular formula is C18H27NO5S. The van der Waals surface area contributed by atoms with Gasteiger partial charge in [-0.05, 0) is 37.4 Å². The van der Waals surface area contributed by atoms with Gasteiger partial charge >= 0.3 is 11.9 Å². The van der Waals surface area contributed by atoms with Crippen molar-refractivity contribution in [2.45, 2.75) is 24.7 Å². The fraction of sp³-hybridized carbons (Fsp3) is 0.556. The molecule has 1 unspecified atom stereocenters. The lowest BCUT2D eigenvalue weighted by Crippen LogP contribution is -2.36. The predicted molar refractivity (Wildman–Crippen MR) is 98.1 cm³/mol. The summed E-state index contributed by atoms with van der Waals surface area (Å²) in [4.78, 5) is 22.1. The Labute approximate surface area is 153 Å². The molecule has 140 valence electrons. The molecule has 2 rings (SSSR count). The summed E-state index contributed by atoms with van der Waals surface area (Å²) in [6.07, 6.45) is 2.75. The molecule has 1 aliphatic rings. The van der Waals surface area contributed by atoms with Crippen molar-refractivity contribution >= 4 is 23.7 Å². The Morgan fingerprint density at radius 1 is 1.20 bits per heavy atom. The Bertz CT molecular complexity index is 499. The maximum atomic E-state index is 9.10. The quantitative estimate of drug-likeness (QED) is 0.434. The molecule has 7 heteroatoms. The van der Waals surface area contributed by atoms with E-state index in [0.29, 0.717) is 0 Å². The van der Waals surface area contributed by atoms with Gasteiger partial charge in [0.2, 0.25) is 0 Å². The fourth-order valence-corrected chi connectivity index (χ4v) is 3.31. The van der Waals surface area contributed by atoms with Crippen LogP contribution in [-0.4, -0.2) is 65.7 Å². The van der Waals surface area contributed by atoms with Gasteiger partial charge in [-0.15, -0.1) is 11.8 Å². The molecule has 2 N–H and O–H groups in total. The summed E-state index contributed by atoms with van der Waals surface area (Å²) in [5.41, 5.74) is 0. The van der Waals surface area contributed by atoms with Gasteiger partial charge in [0.05, 0.1) is 13.2 Å². The van der Waals surface area contributed by atoms with Crippen LogP contribution in [0.15, 0.2) is 35.2 Å². The highest BCUT2D eigenvalue weighted by atomic mass is 32.2. The predicted octanol–water partition coefficient (Wildman–Crippen LogP) is 2.68. The van der Waals surface area contributed by atoms with E-state index in [1.807, 2.05) is 11.8 Å². The van der Waals surface area contributed by atoms with Gasteiger partial charge in [0, 0.05) is 23.7 Å². The second-order valence-corrected chi connectivity index (χ2v) is 7.10. The number of thioether (sulfide) groups is 1. The summed E-state index contributed by atoms with van der Waals surface area (Å²) in [5.74, 6) is -1.74. The summed E-state index contributed by atoms with van der Waals surface area (Å²) in [6, 6.07) is 10.5. The van der Waals surface area contributed by atoms with Gasteiger partial charge in [-0.25, -0.2) is 9.59 Å². The van der Waals surface area contributed by atoms with Crippen molar-refractivity contribution < 1.29 is 24.5 Å². The van der Waals surface area contributed by atoms with E-state index in [0.717, 1.165) is 31.4 Å². The number of likely N-dealkylation sites (tertiary alicyclic amines) is 1. The van der Waals surface area contributed by atoms with E-state index in [9.17, 15) is 0 Å². The van der Waals surface area contributed by atoms with Gasteiger partial charge in [0.1, 0.15) is 0 Å². The standard InChI is InChI=1S/C16H25NOS.C2H2O4/c1-15-6-5-9-17(14-15)10-11-18-12-13-19-16-7-3-2-4-8-16;3-1(4)2(5)6/h2-4,7-8,15H,5-6,9-14H2,1H3;(H,3,4)(H,5,6). The van der Waals surface area contributed by atoms with Crippen LogP contribution >= 0.6 is 11.8 Å². The Kier molecular flexibility index (Phi) is 10.9. The molecular weight excluding hydrogens is 342 g/mol. The van der Waals surface area contributed by atoms with E-state index in [1.54, 1.807) is 0 Å². The number of ether oxygens (including phenoxy) is 1. The number of carboxylic acids is 2. The van der Waals surface area contributed by atoms with Gasteiger partial charge in [0.25, 0.3) is 0 Å². The topological polar surface area (TPSA) is 87.1 Å². The van der Waals surface area contributed by atoms with Crippen molar-refractivity contribution in [2.75, 3.05) is 38.6 Å². The first kappa shape index (κ1) is 21.5. The zero-order chi connectivity index (χ0) is 18.5. The molecule has 1 atom stereocenters. The van der Waals surface area contributed by atoms with Crippen molar-refractivity contribution in [3.8, 4) is 0 Å². The SMILES string of the molecule is CC1CCCN(CCOCCSc2ccccc2)C1.O=C(O)C(=O)O. The van der Waals surface area contributed by atoms with E-state index in [2.05, 4.69) is 42.2 Å². The van der Waals surface area contributed by atoms with Crippen molar-refractivity contribution in [3.05, 3.63) is 30.3 Å². The minimum absolute atomic E-state index is 0.850. The number of nitrogens with zero attached hydrogens (tertiary/aromatic N) is 1. The monoisotopic (exact) mass is 369 g/mol. The lowest BCUT2D eigenvalue weighted by Gasteiger charge is -2.30. The molecule has 0 aliphatic carbocycles. The summed E-state index contributed by atoms with van der Waals surface area (Å²) in [5, 5.41) is 14.8. The number of carboxylic acid groups (broad SMARTS) is 2. The van der Waals surface area contributed by atoms with E-state index in [1.165, 1.54) is 30.8 Å². The van der Waals surface area contributed by atoms with E-state index >= 15 is 0 Å². The van der Waals surface area contributed by atoms with Crippen LogP contribution in [0.4, 0.5) is 0 Å². The maximum absolute atomic E-state index is 9.10. The minimum atomic E-state index is -1.82. The third-order valence-electron chi connectivity index (χ3n) is 3.72. The van der Waals surface area contributed by atoms with Crippen LogP contribution in [-0.2, 0) is 14.3 Å². The van der Waals surface area contributed by atoms with Crippen LogP contribution in [0.3, 0.4) is 0 Å². The van der Waals surface area contributed by atoms with Gasteiger partial charge in [-0.1, -0.05) is 25.1 Å². The number of aliphatic carboxylic acids is 2. The Hall–Kier alpha value is -1.57. The molecule has 0 spiro atoms. The Morgan fingerprint density at radius 2 is 1.88 bits per heavy atom. The van der Waals surface area contributed by atoms with Gasteiger partial charge in [0.15, 0.2) is 0 Å². The van der Waals surface area contributed by atoms with Gasteiger partial charge < -0.3 is 19.8 Å². The van der Waals surface area contributed by atoms with E-state index in [-0.39, 0.29) is 0 Å². The lowest BCUT2D eigenvalue weighted by atomic mass is 10.0. The summed E-state index contributed by atoms with van der Waals surface area (Å²) < 4.78 is 5.73. The summed E-state index contributed by atoms with van der Waals surface area (Å²) in [6.45, 7) is 7.68. The van der Waals surface area contributed by atoms with E-state index in [4.69, 9.17) is 24.5 Å². The highest BCUT2D eigenvalue weighted by Gasteiger charge is 2.15. The average molecular weight is 369 g/mol. The second-order valence-electron chi connectivity index (χ2n) is 5.93. The first-order valence-electron chi connectivity index (χ1n) is 8.43. The van der Waals surface area contributed by atoms with Crippen LogP contribution in [0.2, 0.25) is 0 Å². The maximum Gasteiger partial charge on any atom is 0.414 e. The van der Waals surface area contributed by atoms with Gasteiger partial charge in [-0.2, -0.15) is 0 Å². The number of rotatable bonds is 7. The highest BCUT2D eigenvalue weighted by molar-refractivity contribution is 7.99. The first-order chi connectivity index (χ1) is 12.0. The molecule has 0 aromatic heterocycles. The van der Waals surface area contributed by atoms with Crippen molar-refractivity contribution in [2.24, 2.45) is 5.92 Å². The zero-order valence-electron chi connectivity index (χ0n) is 14.6. The fourth-order valence-electron chi connectivity index (χ4n) is 2.52. The molecule has 1 fully saturated rings. The van der Waals surface area contributed by atoms with Crippen molar-refractivity contribution in [3.63, 3.8) is 0 Å². The molecule has 1 aromatic carbocycles. The van der Waals surface area contributed by atoms with Crippen LogP contribution in [0, 0.1) is 5.92 Å². The normalized spacial score (nSPS) is 17.4. The zero-order valence-corrected chi connectivity index (χ0v) is 15.4. The van der Waals surface area contributed by atoms with Crippen LogP contribution in [0.5, 0.6) is 0 Å². The molecule has 0 amide bonds. The average Bonchev–Trinajstić information content (AvgIpc) is 2.59. The Morgan fingerprint density at radius 3 is 2.48 bits per heavy atom. The summed E-state index contributed by atoms with van der Waals surface area (Å²) >= 11 is 1.87. The smallest absolute Gasteiger partial charge is 0.414 e. The molecule has 1 heterocycles. The number of hydrogen-bond donors (Lipinski definition) is 2. The lowest BCUT2D eigenvalue weighted by molar-refractivity contribution is -0.159. The first-order valence-corrected chi connectivity index (χ1v) is 9.41. The van der Waals surface area contributed by atoms with E-state index < -0.39 is 11.9 Å². The second kappa shape index (κ2) is 12.7. The molecule has 1 aromatic rings. The molecule has 0 bridgehead atoms.